The molecular weight excluding hydrogens is 712 g/mol. The van der Waals surface area contributed by atoms with Crippen LogP contribution >= 0.6 is 11.6 Å². The molecule has 2 bridgehead atoms. The molecule has 3 heterocycles. The molecule has 10 nitrogen and oxygen atoms in total. The van der Waals surface area contributed by atoms with Crippen LogP contribution in [0.25, 0.3) is 0 Å². The number of piperazine rings is 1. The fourth-order valence-electron chi connectivity index (χ4n) is 9.78. The highest BCUT2D eigenvalue weighted by molar-refractivity contribution is 7.99. The zero-order chi connectivity index (χ0) is 37.5. The zero-order valence-corrected chi connectivity index (χ0v) is 33.2. The predicted molar refractivity (Wildman–Crippen MR) is 211 cm³/mol. The van der Waals surface area contributed by atoms with E-state index >= 15 is 0 Å². The number of methoxy groups -OCH3 is 1. The van der Waals surface area contributed by atoms with E-state index in [1.807, 2.05) is 30.0 Å². The minimum atomic E-state index is -2.99. The number of benzene rings is 2. The van der Waals surface area contributed by atoms with Gasteiger partial charge in [-0.05, 0) is 117 Å². The summed E-state index contributed by atoms with van der Waals surface area (Å²) in [5, 5.41) is 13.2. The molecule has 1 unspecified atom stereocenters. The number of hydrogen-bond donors (Lipinski definition) is 2. The number of aliphatic hydroxyl groups is 1. The monoisotopic (exact) mass is 768 g/mol. The Morgan fingerprint density at radius 3 is 2.68 bits per heavy atom. The number of carbonyl (C=O) groups excluding carboxylic acids is 2. The van der Waals surface area contributed by atoms with Crippen LogP contribution in [0.2, 0.25) is 5.02 Å². The molecule has 7 atom stereocenters. The molecule has 3 aliphatic heterocycles. The minimum absolute atomic E-state index is 0.000860. The molecule has 12 heteroatoms. The molecule has 2 N–H and O–H groups in total. The molecule has 0 aromatic heterocycles. The van der Waals surface area contributed by atoms with Crippen LogP contribution in [0.1, 0.15) is 80.3 Å². The summed E-state index contributed by atoms with van der Waals surface area (Å²) in [5.41, 5.74) is 2.49. The maximum Gasteiger partial charge on any atom is 0.262 e. The van der Waals surface area contributed by atoms with Crippen molar-refractivity contribution in [1.82, 2.24) is 14.5 Å². The first kappa shape index (κ1) is 38.4. The van der Waals surface area contributed by atoms with E-state index < -0.39 is 21.2 Å². The molecular formula is C41H57ClN4O6S. The van der Waals surface area contributed by atoms with Gasteiger partial charge in [0, 0.05) is 67.6 Å². The van der Waals surface area contributed by atoms with E-state index in [9.17, 15) is 18.9 Å². The fraction of sp³-hybridized carbons (Fsp3) is 0.634. The van der Waals surface area contributed by atoms with Crippen molar-refractivity contribution in [3.8, 4) is 5.75 Å². The lowest BCUT2D eigenvalue weighted by molar-refractivity contribution is -0.142. The average molecular weight is 769 g/mol. The second-order valence-corrected chi connectivity index (χ2v) is 19.5. The van der Waals surface area contributed by atoms with Gasteiger partial charge in [0.15, 0.2) is 0 Å². The van der Waals surface area contributed by atoms with Gasteiger partial charge in [-0.25, -0.2) is 4.21 Å². The first-order valence-electron chi connectivity index (χ1n) is 19.5. The van der Waals surface area contributed by atoms with Gasteiger partial charge in [-0.2, -0.15) is 0 Å². The van der Waals surface area contributed by atoms with Crippen LogP contribution in [-0.4, -0.2) is 114 Å². The first-order valence-corrected chi connectivity index (χ1v) is 21.7. The average Bonchev–Trinajstić information content (AvgIpc) is 3.25. The molecule has 2 fully saturated rings. The summed E-state index contributed by atoms with van der Waals surface area (Å²) in [6.07, 6.45) is 6.90. The minimum Gasteiger partial charge on any atom is -0.490 e. The number of rotatable bonds is 5. The fourth-order valence-corrected chi connectivity index (χ4v) is 11.5. The van der Waals surface area contributed by atoms with E-state index in [-0.39, 0.29) is 40.9 Å². The maximum atomic E-state index is 14.0. The number of fused-ring (bicyclic) bond motifs is 4. The quantitative estimate of drug-likeness (QED) is 0.413. The summed E-state index contributed by atoms with van der Waals surface area (Å²) >= 11 is 6.49. The third-order valence-electron chi connectivity index (χ3n) is 13.3. The summed E-state index contributed by atoms with van der Waals surface area (Å²) < 4.78 is 28.7. The number of β-amino-alcohol motifs (C(OH)–C–C–N with tert-alkyl or cyclic N) is 1. The second kappa shape index (κ2) is 15.4. The molecule has 2 aliphatic carbocycles. The molecule has 53 heavy (non-hydrogen) atoms. The molecule has 1 saturated heterocycles. The van der Waals surface area contributed by atoms with E-state index in [4.69, 9.17) is 21.1 Å². The Kier molecular flexibility index (Phi) is 11.1. The van der Waals surface area contributed by atoms with Crippen LogP contribution in [0.3, 0.4) is 0 Å². The van der Waals surface area contributed by atoms with Crippen molar-refractivity contribution in [1.29, 1.82) is 0 Å². The molecule has 1 saturated carbocycles. The molecule has 1 spiro atoms. The standard InChI is InChI=1S/C41H57ClN4O6S/c1-28-7-5-16-41(49,26-44-17-18-45(19-20-51-3)38(47)24-44)35-12-9-32(35)23-46-25-40(15-6-8-30-21-33(42)11-13-34(30)40)27-52-37-14-10-31(22-36(37)46)39(48)43-53(4,50)29(28)2/h10-11,13-14,21-22,28-29,32,35,49H,4-9,12,15-20,23-27H2,1-3H3,(H,43,48,50)/t28-,29+,32-,35+,40-,41+,53?/m0/s1. The third kappa shape index (κ3) is 7.83. The highest BCUT2D eigenvalue weighted by Crippen LogP contribution is 2.49. The Bertz CT molecular complexity index is 1810. The molecule has 2 aromatic rings. The van der Waals surface area contributed by atoms with Crippen LogP contribution in [0.15, 0.2) is 36.4 Å². The largest absolute Gasteiger partial charge is 0.490 e. The number of carbonyl (C=O) groups is 2. The van der Waals surface area contributed by atoms with Crippen LogP contribution in [-0.2, 0) is 31.1 Å². The van der Waals surface area contributed by atoms with Gasteiger partial charge >= 0.3 is 0 Å². The topological polar surface area (TPSA) is 112 Å². The molecule has 5 aliphatic rings. The van der Waals surface area contributed by atoms with Crippen LogP contribution in [0, 0.1) is 17.8 Å². The van der Waals surface area contributed by atoms with Crippen LogP contribution < -0.4 is 14.4 Å². The van der Waals surface area contributed by atoms with Gasteiger partial charge in [0.05, 0.1) is 40.8 Å². The van der Waals surface area contributed by atoms with Gasteiger partial charge in [-0.1, -0.05) is 31.0 Å². The SMILES string of the molecule is C=S1(=O)NC(=O)c2ccc3c(c2)N(C[C@@H]2CC[C@H]2[C@](O)(CN2CCN(CCOC)C(=O)C2)CCC[C@H](C)[C@H]1C)C[C@@]1(CCCc2cc(Cl)ccc21)CO3. The van der Waals surface area contributed by atoms with E-state index in [2.05, 4.69) is 39.4 Å². The lowest BCUT2D eigenvalue weighted by Gasteiger charge is -2.52. The number of hydrogen-bond acceptors (Lipinski definition) is 8. The molecule has 2 amide bonds. The lowest BCUT2D eigenvalue weighted by Crippen LogP contribution is -2.60. The van der Waals surface area contributed by atoms with Crippen molar-refractivity contribution in [3.63, 3.8) is 0 Å². The van der Waals surface area contributed by atoms with E-state index in [1.54, 1.807) is 13.2 Å². The number of ether oxygens (including phenoxy) is 2. The summed E-state index contributed by atoms with van der Waals surface area (Å²) in [6, 6.07) is 11.8. The number of anilines is 1. The van der Waals surface area contributed by atoms with Gasteiger partial charge in [-0.15, -0.1) is 0 Å². The van der Waals surface area contributed by atoms with E-state index in [0.29, 0.717) is 70.2 Å². The lowest BCUT2D eigenvalue weighted by atomic mass is 9.62. The van der Waals surface area contributed by atoms with Gasteiger partial charge < -0.3 is 24.4 Å². The van der Waals surface area contributed by atoms with Crippen molar-refractivity contribution in [2.45, 2.75) is 81.5 Å². The summed E-state index contributed by atoms with van der Waals surface area (Å²) in [7, 11) is -1.34. The zero-order valence-electron chi connectivity index (χ0n) is 31.6. The Morgan fingerprint density at radius 2 is 1.92 bits per heavy atom. The summed E-state index contributed by atoms with van der Waals surface area (Å²) in [4.78, 5) is 33.3. The van der Waals surface area contributed by atoms with E-state index in [0.717, 1.165) is 55.7 Å². The Hall–Kier alpha value is -2.83. The van der Waals surface area contributed by atoms with Crippen molar-refractivity contribution < 1.29 is 28.4 Å². The summed E-state index contributed by atoms with van der Waals surface area (Å²) in [6.45, 7) is 8.97. The van der Waals surface area contributed by atoms with Crippen LogP contribution in [0.4, 0.5) is 5.69 Å². The molecule has 0 radical (unpaired) electrons. The van der Waals surface area contributed by atoms with Gasteiger partial charge in [0.2, 0.25) is 5.91 Å². The molecule has 7 rings (SSSR count). The highest BCUT2D eigenvalue weighted by Gasteiger charge is 2.50. The smallest absolute Gasteiger partial charge is 0.262 e. The predicted octanol–water partition coefficient (Wildman–Crippen LogP) is 4.93. The highest BCUT2D eigenvalue weighted by atomic mass is 35.5. The Balaban J connectivity index is 1.24. The third-order valence-corrected chi connectivity index (χ3v) is 15.7. The van der Waals surface area contributed by atoms with E-state index in [1.165, 1.54) is 11.1 Å². The van der Waals surface area contributed by atoms with Gasteiger partial charge in [0.1, 0.15) is 5.75 Å². The number of amides is 2. The number of nitrogens with zero attached hydrogens (tertiary/aromatic N) is 3. The number of nitrogens with one attached hydrogen (secondary N) is 1. The van der Waals surface area contributed by atoms with Crippen molar-refractivity contribution in [2.75, 3.05) is 71.0 Å². The first-order chi connectivity index (χ1) is 25.3. The number of halogens is 1. The second-order valence-electron chi connectivity index (χ2n) is 16.7. The maximum absolute atomic E-state index is 14.0. The van der Waals surface area contributed by atoms with Crippen molar-refractivity contribution in [3.05, 3.63) is 58.1 Å². The Morgan fingerprint density at radius 1 is 1.09 bits per heavy atom. The Labute approximate surface area is 320 Å². The normalized spacial score (nSPS) is 34.0. The van der Waals surface area contributed by atoms with Gasteiger partial charge in [-0.3, -0.25) is 19.2 Å². The van der Waals surface area contributed by atoms with Crippen molar-refractivity contribution in [2.24, 2.45) is 17.8 Å². The molecule has 290 valence electrons. The van der Waals surface area contributed by atoms with Crippen molar-refractivity contribution >= 4 is 44.7 Å². The van der Waals surface area contributed by atoms with Gasteiger partial charge in [0.25, 0.3) is 5.91 Å². The van der Waals surface area contributed by atoms with Crippen LogP contribution in [0.5, 0.6) is 5.75 Å². The number of aryl methyl sites for hydroxylation is 1. The summed E-state index contributed by atoms with van der Waals surface area (Å²) in [5.74, 6) is 4.66. The molecule has 2 aromatic carbocycles.